The molecule has 0 unspecified atom stereocenters. The van der Waals surface area contributed by atoms with E-state index in [1.165, 1.54) is 12.1 Å². The zero-order chi connectivity index (χ0) is 18.5. The Morgan fingerprint density at radius 2 is 1.88 bits per heavy atom. The van der Waals surface area contributed by atoms with Crippen LogP contribution in [-0.4, -0.2) is 64.3 Å². The van der Waals surface area contributed by atoms with Crippen LogP contribution in [-0.2, 0) is 11.2 Å². The summed E-state index contributed by atoms with van der Waals surface area (Å²) in [5.74, 6) is -0.385. The molecule has 0 bridgehead atoms. The molecule has 1 aromatic rings. The van der Waals surface area contributed by atoms with E-state index in [2.05, 4.69) is 27.6 Å². The van der Waals surface area contributed by atoms with Crippen molar-refractivity contribution in [2.75, 3.05) is 53.5 Å². The summed E-state index contributed by atoms with van der Waals surface area (Å²) in [5, 5.41) is 6.36. The first kappa shape index (κ1) is 21.3. The van der Waals surface area contributed by atoms with Crippen LogP contribution in [0.4, 0.5) is 8.78 Å². The van der Waals surface area contributed by atoms with Crippen molar-refractivity contribution in [3.63, 3.8) is 0 Å². The topological polar surface area (TPSA) is 48.9 Å². The Balaban J connectivity index is 2.37. The van der Waals surface area contributed by atoms with Crippen molar-refractivity contribution in [2.45, 2.75) is 19.8 Å². The first-order chi connectivity index (χ1) is 12.0. The smallest absolute Gasteiger partial charge is 0.191 e. The maximum Gasteiger partial charge on any atom is 0.191 e. The third-order valence-corrected chi connectivity index (χ3v) is 3.61. The normalized spacial score (nSPS) is 11.8. The van der Waals surface area contributed by atoms with Gasteiger partial charge in [-0.15, -0.1) is 0 Å². The molecule has 0 radical (unpaired) electrons. The van der Waals surface area contributed by atoms with Gasteiger partial charge < -0.3 is 20.3 Å². The molecule has 142 valence electrons. The van der Waals surface area contributed by atoms with Gasteiger partial charge in [0.25, 0.3) is 0 Å². The van der Waals surface area contributed by atoms with E-state index in [1.54, 1.807) is 7.11 Å². The molecule has 0 aliphatic carbocycles. The van der Waals surface area contributed by atoms with Crippen molar-refractivity contribution in [2.24, 2.45) is 4.99 Å². The number of halogens is 2. The van der Waals surface area contributed by atoms with Gasteiger partial charge in [-0.1, -0.05) is 0 Å². The molecular formula is C18H30F2N4O. The number of hydrogen-bond donors (Lipinski definition) is 2. The van der Waals surface area contributed by atoms with E-state index in [0.29, 0.717) is 31.0 Å². The largest absolute Gasteiger partial charge is 0.385 e. The van der Waals surface area contributed by atoms with Crippen LogP contribution in [0.5, 0.6) is 0 Å². The molecule has 0 aromatic heterocycles. The lowest BCUT2D eigenvalue weighted by atomic mass is 10.1. The van der Waals surface area contributed by atoms with E-state index in [4.69, 9.17) is 4.74 Å². The molecule has 0 amide bonds. The molecule has 7 heteroatoms. The second kappa shape index (κ2) is 12.6. The maximum absolute atomic E-state index is 13.2. The summed E-state index contributed by atoms with van der Waals surface area (Å²) in [4.78, 5) is 6.73. The average molecular weight is 356 g/mol. The first-order valence-corrected chi connectivity index (χ1v) is 8.69. The van der Waals surface area contributed by atoms with E-state index < -0.39 is 11.6 Å². The number of benzene rings is 1. The summed E-state index contributed by atoms with van der Waals surface area (Å²) in [7, 11) is 3.76. The molecule has 25 heavy (non-hydrogen) atoms. The van der Waals surface area contributed by atoms with Gasteiger partial charge in [-0.25, -0.2) is 8.78 Å². The summed E-state index contributed by atoms with van der Waals surface area (Å²) in [6.07, 6.45) is 1.52. The number of ether oxygens (including phenoxy) is 1. The van der Waals surface area contributed by atoms with E-state index >= 15 is 0 Å². The molecule has 0 aliphatic heterocycles. The highest BCUT2D eigenvalue weighted by atomic mass is 19.1. The number of nitrogens with zero attached hydrogens (tertiary/aromatic N) is 2. The highest BCUT2D eigenvalue weighted by Gasteiger charge is 2.02. The lowest BCUT2D eigenvalue weighted by Crippen LogP contribution is -2.39. The number of methoxy groups -OCH3 is 1. The zero-order valence-corrected chi connectivity index (χ0v) is 15.4. The fourth-order valence-corrected chi connectivity index (χ4v) is 2.35. The highest BCUT2D eigenvalue weighted by Crippen LogP contribution is 2.08. The molecule has 1 rings (SSSR count). The predicted molar refractivity (Wildman–Crippen MR) is 98.0 cm³/mol. The van der Waals surface area contributed by atoms with Crippen LogP contribution in [0.3, 0.4) is 0 Å². The second-order valence-corrected chi connectivity index (χ2v) is 5.86. The minimum Gasteiger partial charge on any atom is -0.385 e. The van der Waals surface area contributed by atoms with Crippen molar-refractivity contribution in [3.05, 3.63) is 35.4 Å². The number of likely N-dealkylation sites (N-methyl/N-ethyl adjacent to an activating group) is 1. The van der Waals surface area contributed by atoms with Crippen LogP contribution in [0.15, 0.2) is 23.2 Å². The number of rotatable bonds is 11. The molecule has 2 N–H and O–H groups in total. The monoisotopic (exact) mass is 356 g/mol. The molecule has 1 aromatic carbocycles. The first-order valence-electron chi connectivity index (χ1n) is 8.69. The van der Waals surface area contributed by atoms with Gasteiger partial charge >= 0.3 is 0 Å². The fourth-order valence-electron chi connectivity index (χ4n) is 2.35. The number of aliphatic imine (C=N–C) groups is 1. The van der Waals surface area contributed by atoms with Gasteiger partial charge in [0.2, 0.25) is 0 Å². The standard InChI is InChI=1S/C18H30F2N4O/c1-4-21-18(23-8-10-24(2)9-5-11-25-3)22-7-6-15-12-16(19)14-17(20)13-15/h12-14H,4-11H2,1-3H3,(H2,21,22,23). The van der Waals surface area contributed by atoms with Crippen molar-refractivity contribution in [3.8, 4) is 0 Å². The van der Waals surface area contributed by atoms with Gasteiger partial charge in [-0.2, -0.15) is 0 Å². The molecule has 0 saturated carbocycles. The second-order valence-electron chi connectivity index (χ2n) is 5.86. The third-order valence-electron chi connectivity index (χ3n) is 3.61. The van der Waals surface area contributed by atoms with Crippen LogP contribution < -0.4 is 10.6 Å². The van der Waals surface area contributed by atoms with Gasteiger partial charge in [0.05, 0.1) is 6.54 Å². The molecular weight excluding hydrogens is 326 g/mol. The van der Waals surface area contributed by atoms with Crippen LogP contribution in [0.2, 0.25) is 0 Å². The zero-order valence-electron chi connectivity index (χ0n) is 15.4. The number of nitrogens with one attached hydrogen (secondary N) is 2. The fraction of sp³-hybridized carbons (Fsp3) is 0.611. The van der Waals surface area contributed by atoms with Crippen LogP contribution >= 0.6 is 0 Å². The van der Waals surface area contributed by atoms with Gasteiger partial charge in [-0.05, 0) is 44.5 Å². The van der Waals surface area contributed by atoms with Gasteiger partial charge in [-0.3, -0.25) is 4.99 Å². The molecule has 0 heterocycles. The minimum atomic E-state index is -0.549. The molecule has 5 nitrogen and oxygen atoms in total. The van der Waals surface area contributed by atoms with Crippen LogP contribution in [0.1, 0.15) is 18.9 Å². The van der Waals surface area contributed by atoms with Crippen molar-refractivity contribution < 1.29 is 13.5 Å². The van der Waals surface area contributed by atoms with Gasteiger partial charge in [0.1, 0.15) is 11.6 Å². The Morgan fingerprint density at radius 3 is 2.52 bits per heavy atom. The van der Waals surface area contributed by atoms with Crippen LogP contribution in [0.25, 0.3) is 0 Å². The van der Waals surface area contributed by atoms with Crippen molar-refractivity contribution in [1.29, 1.82) is 0 Å². The predicted octanol–water partition coefficient (Wildman–Crippen LogP) is 2.03. The highest BCUT2D eigenvalue weighted by molar-refractivity contribution is 5.79. The van der Waals surface area contributed by atoms with Gasteiger partial charge in [0.15, 0.2) is 5.96 Å². The van der Waals surface area contributed by atoms with E-state index in [-0.39, 0.29) is 0 Å². The number of hydrogen-bond acceptors (Lipinski definition) is 3. The Morgan fingerprint density at radius 1 is 1.16 bits per heavy atom. The summed E-state index contributed by atoms with van der Waals surface area (Å²) >= 11 is 0. The Hall–Kier alpha value is -1.73. The van der Waals surface area contributed by atoms with Gasteiger partial charge in [0, 0.05) is 46.0 Å². The molecule has 0 saturated heterocycles. The number of guanidine groups is 1. The SMILES string of the molecule is CCNC(=NCCN(C)CCCOC)NCCc1cc(F)cc(F)c1. The molecule has 0 atom stereocenters. The Bertz CT molecular complexity index is 506. The Kier molecular flexibility index (Phi) is 10.7. The van der Waals surface area contributed by atoms with Crippen molar-refractivity contribution in [1.82, 2.24) is 15.5 Å². The summed E-state index contributed by atoms with van der Waals surface area (Å²) in [5.41, 5.74) is 0.624. The lowest BCUT2D eigenvalue weighted by molar-refractivity contribution is 0.180. The van der Waals surface area contributed by atoms with E-state index in [1.807, 2.05) is 6.92 Å². The van der Waals surface area contributed by atoms with Crippen LogP contribution in [0, 0.1) is 11.6 Å². The minimum absolute atomic E-state index is 0.524. The quantitative estimate of drug-likeness (QED) is 0.362. The molecule has 0 aliphatic rings. The summed E-state index contributed by atoms with van der Waals surface area (Å²) in [6, 6.07) is 3.58. The third kappa shape index (κ3) is 9.99. The Labute approximate surface area is 149 Å². The average Bonchev–Trinajstić information content (AvgIpc) is 2.54. The van der Waals surface area contributed by atoms with Crippen molar-refractivity contribution >= 4 is 5.96 Å². The van der Waals surface area contributed by atoms with E-state index in [0.717, 1.165) is 38.7 Å². The molecule has 0 fully saturated rings. The lowest BCUT2D eigenvalue weighted by Gasteiger charge is -2.16. The van der Waals surface area contributed by atoms with E-state index in [9.17, 15) is 8.78 Å². The molecule has 0 spiro atoms. The summed E-state index contributed by atoms with van der Waals surface area (Å²) < 4.78 is 31.4. The summed E-state index contributed by atoms with van der Waals surface area (Å²) in [6.45, 7) is 6.57. The maximum atomic E-state index is 13.2.